The molecule has 0 atom stereocenters. The van der Waals surface area contributed by atoms with Crippen LogP contribution < -0.4 is 10.6 Å². The minimum Gasteiger partial charge on any atom is -0.457 e. The van der Waals surface area contributed by atoms with Crippen LogP contribution in [0, 0.1) is 10.1 Å². The SMILES string of the molecule is O=C1NC(=S)N/C1=C\c1ccc(-c2ccc(Cl)c([N+](=O)[O-])c2)o1. The van der Waals surface area contributed by atoms with Gasteiger partial charge in [0.25, 0.3) is 11.6 Å². The van der Waals surface area contributed by atoms with Crippen molar-refractivity contribution in [3.8, 4) is 11.3 Å². The molecule has 2 aromatic rings. The predicted octanol–water partition coefficient (Wildman–Crippen LogP) is 2.85. The van der Waals surface area contributed by atoms with E-state index in [0.717, 1.165) is 0 Å². The van der Waals surface area contributed by atoms with Gasteiger partial charge >= 0.3 is 0 Å². The Morgan fingerprint density at radius 3 is 2.70 bits per heavy atom. The summed E-state index contributed by atoms with van der Waals surface area (Å²) in [6.45, 7) is 0. The van der Waals surface area contributed by atoms with Gasteiger partial charge in [-0.1, -0.05) is 11.6 Å². The maximum atomic E-state index is 11.6. The van der Waals surface area contributed by atoms with E-state index in [-0.39, 0.29) is 27.4 Å². The molecule has 3 rings (SSSR count). The molecule has 23 heavy (non-hydrogen) atoms. The summed E-state index contributed by atoms with van der Waals surface area (Å²) in [7, 11) is 0. The molecule has 1 amide bonds. The summed E-state index contributed by atoms with van der Waals surface area (Å²) >= 11 is 10.6. The number of nitro benzene ring substituents is 1. The summed E-state index contributed by atoms with van der Waals surface area (Å²) in [5.74, 6) is 0.465. The minimum atomic E-state index is -0.564. The number of hydrogen-bond acceptors (Lipinski definition) is 5. The Morgan fingerprint density at radius 1 is 1.26 bits per heavy atom. The fraction of sp³-hybridized carbons (Fsp3) is 0. The monoisotopic (exact) mass is 349 g/mol. The second-order valence-corrected chi connectivity index (χ2v) is 5.41. The zero-order valence-corrected chi connectivity index (χ0v) is 12.9. The highest BCUT2D eigenvalue weighted by Crippen LogP contribution is 2.31. The summed E-state index contributed by atoms with van der Waals surface area (Å²) < 4.78 is 5.58. The van der Waals surface area contributed by atoms with Gasteiger partial charge < -0.3 is 9.73 Å². The molecule has 1 aliphatic rings. The number of carbonyl (C=O) groups excluding carboxylic acids is 1. The highest BCUT2D eigenvalue weighted by molar-refractivity contribution is 7.80. The molecule has 2 heterocycles. The number of nitro groups is 1. The molecular formula is C14H8ClN3O4S. The molecule has 1 saturated heterocycles. The average molecular weight is 350 g/mol. The zero-order chi connectivity index (χ0) is 16.6. The molecule has 2 N–H and O–H groups in total. The maximum Gasteiger partial charge on any atom is 0.288 e. The van der Waals surface area contributed by atoms with Gasteiger partial charge in [0.1, 0.15) is 22.2 Å². The maximum absolute atomic E-state index is 11.6. The Labute approximate surface area is 140 Å². The van der Waals surface area contributed by atoms with Crippen LogP contribution in [0.25, 0.3) is 17.4 Å². The van der Waals surface area contributed by atoms with E-state index in [9.17, 15) is 14.9 Å². The van der Waals surface area contributed by atoms with Crippen molar-refractivity contribution < 1.29 is 14.1 Å². The van der Waals surface area contributed by atoms with Gasteiger partial charge in [-0.2, -0.15) is 0 Å². The van der Waals surface area contributed by atoms with Crippen molar-refractivity contribution in [2.24, 2.45) is 0 Å². The molecule has 116 valence electrons. The van der Waals surface area contributed by atoms with Crippen molar-refractivity contribution >= 4 is 46.6 Å². The first-order chi connectivity index (χ1) is 10.9. The highest BCUT2D eigenvalue weighted by Gasteiger charge is 2.21. The van der Waals surface area contributed by atoms with Gasteiger partial charge in [0.2, 0.25) is 0 Å². The molecule has 7 nitrogen and oxygen atoms in total. The molecule has 1 aromatic carbocycles. The van der Waals surface area contributed by atoms with Gasteiger partial charge in [-0.3, -0.25) is 20.2 Å². The number of hydrogen-bond donors (Lipinski definition) is 2. The van der Waals surface area contributed by atoms with E-state index in [1.807, 2.05) is 0 Å². The lowest BCUT2D eigenvalue weighted by molar-refractivity contribution is -0.384. The first-order valence-corrected chi connectivity index (χ1v) is 7.11. The van der Waals surface area contributed by atoms with Crippen LogP contribution in [0.2, 0.25) is 5.02 Å². The van der Waals surface area contributed by atoms with E-state index in [1.54, 1.807) is 18.2 Å². The molecule has 0 saturated carbocycles. The summed E-state index contributed by atoms with van der Waals surface area (Å²) in [6.07, 6.45) is 1.49. The molecule has 0 bridgehead atoms. The largest absolute Gasteiger partial charge is 0.457 e. The number of halogens is 1. The van der Waals surface area contributed by atoms with Crippen LogP contribution in [0.1, 0.15) is 5.76 Å². The zero-order valence-electron chi connectivity index (χ0n) is 11.3. The summed E-state index contributed by atoms with van der Waals surface area (Å²) in [6, 6.07) is 7.65. The van der Waals surface area contributed by atoms with Crippen LogP contribution in [-0.4, -0.2) is 15.9 Å². The number of amides is 1. The Hall–Kier alpha value is -2.71. The first-order valence-electron chi connectivity index (χ1n) is 6.32. The van der Waals surface area contributed by atoms with Crippen molar-refractivity contribution in [2.75, 3.05) is 0 Å². The molecule has 1 aliphatic heterocycles. The fourth-order valence-electron chi connectivity index (χ4n) is 2.02. The molecule has 1 fully saturated rings. The third-order valence-electron chi connectivity index (χ3n) is 3.06. The number of rotatable bonds is 3. The lowest BCUT2D eigenvalue weighted by atomic mass is 10.1. The van der Waals surface area contributed by atoms with Crippen molar-refractivity contribution in [3.63, 3.8) is 0 Å². The van der Waals surface area contributed by atoms with Crippen LogP contribution in [0.15, 0.2) is 40.4 Å². The standard InChI is InChI=1S/C14H8ClN3O4S/c15-9-3-1-7(5-11(9)18(20)21)12-4-2-8(22-12)6-10-13(19)17-14(23)16-10/h1-6H,(H2,16,17,19,23)/b10-6-. The van der Waals surface area contributed by atoms with Crippen LogP contribution in [0.4, 0.5) is 5.69 Å². The second kappa shape index (κ2) is 5.82. The first kappa shape index (κ1) is 15.2. The van der Waals surface area contributed by atoms with E-state index in [4.69, 9.17) is 28.2 Å². The molecule has 0 spiro atoms. The van der Waals surface area contributed by atoms with Crippen molar-refractivity contribution in [1.82, 2.24) is 10.6 Å². The van der Waals surface area contributed by atoms with Crippen molar-refractivity contribution in [2.45, 2.75) is 0 Å². The normalized spacial score (nSPS) is 15.6. The average Bonchev–Trinajstić information content (AvgIpc) is 3.06. The van der Waals surface area contributed by atoms with E-state index in [0.29, 0.717) is 17.1 Å². The second-order valence-electron chi connectivity index (χ2n) is 4.59. The Balaban J connectivity index is 1.92. The third-order valence-corrected chi connectivity index (χ3v) is 3.58. The fourth-order valence-corrected chi connectivity index (χ4v) is 2.41. The van der Waals surface area contributed by atoms with E-state index >= 15 is 0 Å². The number of furan rings is 1. The highest BCUT2D eigenvalue weighted by atomic mass is 35.5. The topological polar surface area (TPSA) is 97.4 Å². The van der Waals surface area contributed by atoms with Crippen LogP contribution in [0.5, 0.6) is 0 Å². The Morgan fingerprint density at radius 2 is 2.04 bits per heavy atom. The van der Waals surface area contributed by atoms with Crippen LogP contribution >= 0.6 is 23.8 Å². The van der Waals surface area contributed by atoms with Gasteiger partial charge in [-0.05, 0) is 36.5 Å². The predicted molar refractivity (Wildman–Crippen MR) is 87.7 cm³/mol. The molecular weight excluding hydrogens is 342 g/mol. The molecule has 1 aromatic heterocycles. The van der Waals surface area contributed by atoms with Gasteiger partial charge in [0.15, 0.2) is 5.11 Å². The van der Waals surface area contributed by atoms with E-state index < -0.39 is 4.92 Å². The quantitative estimate of drug-likeness (QED) is 0.383. The Bertz CT molecular complexity index is 875. The number of thiocarbonyl (C=S) groups is 1. The number of carbonyl (C=O) groups is 1. The van der Waals surface area contributed by atoms with E-state index in [1.165, 1.54) is 18.2 Å². The summed E-state index contributed by atoms with van der Waals surface area (Å²) in [5.41, 5.74) is 0.561. The molecule has 0 unspecified atom stereocenters. The van der Waals surface area contributed by atoms with Crippen LogP contribution in [0.3, 0.4) is 0 Å². The van der Waals surface area contributed by atoms with Gasteiger partial charge in [-0.15, -0.1) is 0 Å². The third kappa shape index (κ3) is 3.08. The summed E-state index contributed by atoms with van der Waals surface area (Å²) in [4.78, 5) is 21.9. The Kier molecular flexibility index (Phi) is 3.85. The number of nitrogens with zero attached hydrogens (tertiary/aromatic N) is 1. The van der Waals surface area contributed by atoms with Crippen LogP contribution in [-0.2, 0) is 4.79 Å². The molecule has 9 heteroatoms. The lowest BCUT2D eigenvalue weighted by Gasteiger charge is -1.99. The van der Waals surface area contributed by atoms with Gasteiger partial charge in [0, 0.05) is 17.7 Å². The van der Waals surface area contributed by atoms with Gasteiger partial charge in [0.05, 0.1) is 4.92 Å². The molecule has 0 radical (unpaired) electrons. The smallest absolute Gasteiger partial charge is 0.288 e. The van der Waals surface area contributed by atoms with Crippen molar-refractivity contribution in [1.29, 1.82) is 0 Å². The lowest BCUT2D eigenvalue weighted by Crippen LogP contribution is -2.21. The van der Waals surface area contributed by atoms with E-state index in [2.05, 4.69) is 10.6 Å². The number of nitrogens with one attached hydrogen (secondary N) is 2. The minimum absolute atomic E-state index is 0.0491. The molecule has 0 aliphatic carbocycles. The van der Waals surface area contributed by atoms with Gasteiger partial charge in [-0.25, -0.2) is 0 Å². The number of benzene rings is 1. The van der Waals surface area contributed by atoms with Crippen molar-refractivity contribution in [3.05, 3.63) is 56.9 Å². The summed E-state index contributed by atoms with van der Waals surface area (Å²) in [5, 5.41) is 16.3.